The normalized spacial score (nSPS) is 11.5. The number of para-hydroxylation sites is 1. The van der Waals surface area contributed by atoms with Crippen molar-refractivity contribution in [2.24, 2.45) is 7.05 Å². The first-order chi connectivity index (χ1) is 8.82. The molecule has 7 heteroatoms. The molecule has 0 atom stereocenters. The fourth-order valence-electron chi connectivity index (χ4n) is 1.81. The highest BCUT2D eigenvalue weighted by Gasteiger charge is 2.18. The summed E-state index contributed by atoms with van der Waals surface area (Å²) in [5, 5.41) is 4.08. The molecular weight excluding hydrogens is 264 g/mol. The van der Waals surface area contributed by atoms with Crippen molar-refractivity contribution in [1.82, 2.24) is 9.78 Å². The van der Waals surface area contributed by atoms with Crippen LogP contribution in [-0.2, 0) is 17.1 Å². The predicted octanol–water partition coefficient (Wildman–Crippen LogP) is 1.07. The Morgan fingerprint density at radius 2 is 1.89 bits per heavy atom. The molecule has 0 radical (unpaired) electrons. The molecule has 0 fully saturated rings. The molecule has 0 aliphatic heterocycles. The first kappa shape index (κ1) is 13.4. The Hall–Kier alpha value is -2.02. The van der Waals surface area contributed by atoms with Crippen LogP contribution < -0.4 is 10.0 Å². The van der Waals surface area contributed by atoms with E-state index in [9.17, 15) is 8.42 Å². The first-order valence-corrected chi connectivity index (χ1v) is 7.48. The van der Waals surface area contributed by atoms with Crippen LogP contribution in [-0.4, -0.2) is 31.5 Å². The number of nitrogens with two attached hydrogens (primary N) is 1. The maximum Gasteiger partial charge on any atom is 0.232 e. The summed E-state index contributed by atoms with van der Waals surface area (Å²) in [7, 11) is -0.0747. The molecule has 2 aromatic rings. The number of sulfonamides is 1. The quantitative estimate of drug-likeness (QED) is 0.911. The molecule has 2 rings (SSSR count). The van der Waals surface area contributed by atoms with Gasteiger partial charge in [-0.1, -0.05) is 18.2 Å². The average molecular weight is 280 g/mol. The third-order valence-corrected chi connectivity index (χ3v) is 4.21. The van der Waals surface area contributed by atoms with Crippen molar-refractivity contribution >= 4 is 21.5 Å². The van der Waals surface area contributed by atoms with Gasteiger partial charge < -0.3 is 5.73 Å². The number of nitrogen functional groups attached to an aromatic ring is 1. The van der Waals surface area contributed by atoms with E-state index in [-0.39, 0.29) is 0 Å². The van der Waals surface area contributed by atoms with Gasteiger partial charge >= 0.3 is 0 Å². The monoisotopic (exact) mass is 280 g/mol. The van der Waals surface area contributed by atoms with E-state index in [0.29, 0.717) is 17.1 Å². The largest absolute Gasteiger partial charge is 0.383 e. The third-order valence-electron chi connectivity index (χ3n) is 3.02. The van der Waals surface area contributed by atoms with E-state index in [0.717, 1.165) is 11.8 Å². The van der Waals surface area contributed by atoms with Crippen molar-refractivity contribution in [2.75, 3.05) is 23.3 Å². The van der Waals surface area contributed by atoms with Gasteiger partial charge in [0.25, 0.3) is 0 Å². The fourth-order valence-corrected chi connectivity index (χ4v) is 2.33. The van der Waals surface area contributed by atoms with Gasteiger partial charge in [-0.05, 0) is 6.07 Å². The van der Waals surface area contributed by atoms with Crippen molar-refractivity contribution in [2.45, 2.75) is 0 Å². The number of hydrogen-bond acceptors (Lipinski definition) is 4. The summed E-state index contributed by atoms with van der Waals surface area (Å²) < 4.78 is 26.1. The summed E-state index contributed by atoms with van der Waals surface area (Å²) in [6.45, 7) is 0. The lowest BCUT2D eigenvalue weighted by Crippen LogP contribution is -2.25. The molecule has 102 valence electrons. The minimum Gasteiger partial charge on any atom is -0.383 e. The molecule has 2 N–H and O–H groups in total. The molecule has 1 aromatic heterocycles. The number of aromatic nitrogens is 2. The van der Waals surface area contributed by atoms with Gasteiger partial charge in [0.2, 0.25) is 10.0 Å². The van der Waals surface area contributed by atoms with Gasteiger partial charge in [0.15, 0.2) is 0 Å². The van der Waals surface area contributed by atoms with E-state index in [1.165, 1.54) is 11.4 Å². The molecule has 0 unspecified atom stereocenters. The number of rotatable bonds is 3. The molecule has 1 aromatic carbocycles. The summed E-state index contributed by atoms with van der Waals surface area (Å²) in [6, 6.07) is 7.18. The number of anilines is 2. The van der Waals surface area contributed by atoms with Gasteiger partial charge in [-0.25, -0.2) is 8.42 Å². The zero-order valence-corrected chi connectivity index (χ0v) is 11.8. The molecule has 0 amide bonds. The SMILES string of the molecule is CN(c1ccccc1-c1cnn(C)c1N)S(C)(=O)=O. The van der Waals surface area contributed by atoms with Crippen LogP contribution in [0.2, 0.25) is 0 Å². The zero-order valence-electron chi connectivity index (χ0n) is 11.0. The van der Waals surface area contributed by atoms with E-state index in [1.54, 1.807) is 30.1 Å². The van der Waals surface area contributed by atoms with Gasteiger partial charge in [-0.15, -0.1) is 0 Å². The number of nitrogens with zero attached hydrogens (tertiary/aromatic N) is 3. The van der Waals surface area contributed by atoms with Crippen LogP contribution in [0, 0.1) is 0 Å². The summed E-state index contributed by atoms with van der Waals surface area (Å²) in [4.78, 5) is 0. The Labute approximate surface area is 112 Å². The Morgan fingerprint density at radius 3 is 2.42 bits per heavy atom. The van der Waals surface area contributed by atoms with Crippen LogP contribution in [0.4, 0.5) is 11.5 Å². The topological polar surface area (TPSA) is 81.2 Å². The second-order valence-corrected chi connectivity index (χ2v) is 6.33. The number of aryl methyl sites for hydroxylation is 1. The maximum absolute atomic E-state index is 11.7. The molecule has 0 aliphatic carbocycles. The van der Waals surface area contributed by atoms with Gasteiger partial charge in [0.05, 0.1) is 18.1 Å². The average Bonchev–Trinajstić information content (AvgIpc) is 2.68. The van der Waals surface area contributed by atoms with Crippen LogP contribution in [0.3, 0.4) is 0 Å². The van der Waals surface area contributed by atoms with Crippen molar-refractivity contribution in [3.63, 3.8) is 0 Å². The van der Waals surface area contributed by atoms with E-state index < -0.39 is 10.0 Å². The van der Waals surface area contributed by atoms with Crippen molar-refractivity contribution in [3.05, 3.63) is 30.5 Å². The predicted molar refractivity (Wildman–Crippen MR) is 76.3 cm³/mol. The minimum absolute atomic E-state index is 0.495. The maximum atomic E-state index is 11.7. The molecule has 0 spiro atoms. The Morgan fingerprint density at radius 1 is 1.26 bits per heavy atom. The molecule has 6 nitrogen and oxygen atoms in total. The Kier molecular flexibility index (Phi) is 3.23. The highest BCUT2D eigenvalue weighted by molar-refractivity contribution is 7.92. The van der Waals surface area contributed by atoms with Gasteiger partial charge in [-0.2, -0.15) is 5.10 Å². The van der Waals surface area contributed by atoms with Gasteiger partial charge in [-0.3, -0.25) is 8.99 Å². The van der Waals surface area contributed by atoms with E-state index >= 15 is 0 Å². The lowest BCUT2D eigenvalue weighted by Gasteiger charge is -2.20. The van der Waals surface area contributed by atoms with E-state index in [4.69, 9.17) is 5.73 Å². The van der Waals surface area contributed by atoms with E-state index in [1.807, 2.05) is 12.1 Å². The van der Waals surface area contributed by atoms with Crippen LogP contribution in [0.15, 0.2) is 30.5 Å². The number of hydrogen-bond donors (Lipinski definition) is 1. The highest BCUT2D eigenvalue weighted by atomic mass is 32.2. The second-order valence-electron chi connectivity index (χ2n) is 4.31. The summed E-state index contributed by atoms with van der Waals surface area (Å²) in [5.74, 6) is 0.495. The molecule has 0 bridgehead atoms. The summed E-state index contributed by atoms with van der Waals surface area (Å²) in [6.07, 6.45) is 2.79. The molecular formula is C12H16N4O2S. The molecule has 19 heavy (non-hydrogen) atoms. The standard InChI is InChI=1S/C12H16N4O2S/c1-15-12(13)10(8-14-15)9-6-4-5-7-11(9)16(2)19(3,17)18/h4-8H,13H2,1-3H3. The molecule has 0 saturated heterocycles. The van der Waals surface area contributed by atoms with Gasteiger partial charge in [0, 0.05) is 25.2 Å². The van der Waals surface area contributed by atoms with Crippen molar-refractivity contribution < 1.29 is 8.42 Å². The van der Waals surface area contributed by atoms with E-state index in [2.05, 4.69) is 5.10 Å². The lowest BCUT2D eigenvalue weighted by atomic mass is 10.1. The van der Waals surface area contributed by atoms with Crippen molar-refractivity contribution in [1.29, 1.82) is 0 Å². The summed E-state index contributed by atoms with van der Waals surface area (Å²) >= 11 is 0. The first-order valence-electron chi connectivity index (χ1n) is 5.63. The minimum atomic E-state index is -3.33. The number of benzene rings is 1. The fraction of sp³-hybridized carbons (Fsp3) is 0.250. The second kappa shape index (κ2) is 4.58. The molecule has 0 aliphatic rings. The smallest absolute Gasteiger partial charge is 0.232 e. The van der Waals surface area contributed by atoms with Crippen LogP contribution >= 0.6 is 0 Å². The van der Waals surface area contributed by atoms with Crippen LogP contribution in [0.5, 0.6) is 0 Å². The van der Waals surface area contributed by atoms with Crippen LogP contribution in [0.25, 0.3) is 11.1 Å². The zero-order chi connectivity index (χ0) is 14.2. The lowest BCUT2D eigenvalue weighted by molar-refractivity contribution is 0.600. The third kappa shape index (κ3) is 2.41. The van der Waals surface area contributed by atoms with Crippen LogP contribution in [0.1, 0.15) is 0 Å². The summed E-state index contributed by atoms with van der Waals surface area (Å²) in [5.41, 5.74) is 7.97. The Bertz CT molecular complexity index is 706. The molecule has 1 heterocycles. The van der Waals surface area contributed by atoms with Crippen molar-refractivity contribution in [3.8, 4) is 11.1 Å². The Balaban J connectivity index is 2.63. The molecule has 0 saturated carbocycles. The van der Waals surface area contributed by atoms with Gasteiger partial charge in [0.1, 0.15) is 5.82 Å². The highest BCUT2D eigenvalue weighted by Crippen LogP contribution is 2.34.